The monoisotopic (exact) mass is 235 g/mol. The van der Waals surface area contributed by atoms with E-state index in [4.69, 9.17) is 22.1 Å². The third kappa shape index (κ3) is 2.21. The minimum absolute atomic E-state index is 0.0423. The van der Waals surface area contributed by atoms with Gasteiger partial charge in [-0.2, -0.15) is 0 Å². The lowest BCUT2D eigenvalue weighted by Gasteiger charge is -2.15. The molecule has 0 aliphatic carbocycles. The highest BCUT2D eigenvalue weighted by molar-refractivity contribution is 6.31. The molecule has 0 spiro atoms. The van der Waals surface area contributed by atoms with E-state index in [0.717, 1.165) is 6.07 Å². The fourth-order valence-electron chi connectivity index (χ4n) is 1.30. The van der Waals surface area contributed by atoms with Crippen LogP contribution >= 0.6 is 11.6 Å². The number of hydrogen-bond acceptors (Lipinski definition) is 2. The highest BCUT2D eigenvalue weighted by Crippen LogP contribution is 2.34. The highest BCUT2D eigenvalue weighted by Gasteiger charge is 2.20. The van der Waals surface area contributed by atoms with E-state index in [0.29, 0.717) is 5.56 Å². The van der Waals surface area contributed by atoms with Crippen LogP contribution in [0, 0.1) is 11.6 Å². The Bertz CT molecular complexity index is 371. The first kappa shape index (κ1) is 12.2. The zero-order valence-corrected chi connectivity index (χ0v) is 9.24. The van der Waals surface area contributed by atoms with Crippen molar-refractivity contribution in [3.63, 3.8) is 0 Å². The molecule has 2 nitrogen and oxygen atoms in total. The molecule has 0 aliphatic rings. The lowest BCUT2D eigenvalue weighted by Crippen LogP contribution is -2.11. The average Bonchev–Trinajstić information content (AvgIpc) is 2.24. The predicted octanol–water partition coefficient (Wildman–Crippen LogP) is 2.69. The van der Waals surface area contributed by atoms with Crippen LogP contribution in [0.2, 0.25) is 5.02 Å². The first-order chi connectivity index (χ1) is 7.02. The molecule has 84 valence electrons. The predicted molar refractivity (Wildman–Crippen MR) is 55.4 cm³/mol. The molecule has 0 fully saturated rings. The molecule has 0 radical (unpaired) electrons. The number of nitrogens with two attached hydrogens (primary N) is 1. The zero-order valence-electron chi connectivity index (χ0n) is 8.48. The lowest BCUT2D eigenvalue weighted by atomic mass is 10.00. The maximum atomic E-state index is 13.5. The summed E-state index contributed by atoms with van der Waals surface area (Å²) in [5.41, 5.74) is 5.82. The number of benzene rings is 1. The Kier molecular flexibility index (Phi) is 3.88. The van der Waals surface area contributed by atoms with E-state index in [9.17, 15) is 8.78 Å². The van der Waals surface area contributed by atoms with Gasteiger partial charge < -0.3 is 10.5 Å². The number of halogens is 3. The largest absolute Gasteiger partial charge is 0.493 e. The normalized spacial score (nSPS) is 12.7. The summed E-state index contributed by atoms with van der Waals surface area (Å²) in [6.07, 6.45) is 0. The SMILES string of the molecule is COc1c(C(C)CN)cc(F)c(Cl)c1F. The van der Waals surface area contributed by atoms with Gasteiger partial charge in [-0.05, 0) is 18.5 Å². The van der Waals surface area contributed by atoms with Crippen molar-refractivity contribution in [2.24, 2.45) is 5.73 Å². The van der Waals surface area contributed by atoms with Gasteiger partial charge in [0, 0.05) is 5.56 Å². The molecule has 1 aromatic carbocycles. The van der Waals surface area contributed by atoms with Crippen LogP contribution in [0.5, 0.6) is 5.75 Å². The second-order valence-electron chi connectivity index (χ2n) is 3.25. The van der Waals surface area contributed by atoms with Crippen LogP contribution < -0.4 is 10.5 Å². The molecular weight excluding hydrogens is 224 g/mol. The number of methoxy groups -OCH3 is 1. The van der Waals surface area contributed by atoms with Gasteiger partial charge in [-0.25, -0.2) is 8.78 Å². The standard InChI is InChI=1S/C10H12ClF2NO/c1-5(4-14)6-3-7(12)8(11)9(13)10(6)15-2/h3,5H,4,14H2,1-2H3. The second kappa shape index (κ2) is 4.77. The van der Waals surface area contributed by atoms with E-state index < -0.39 is 16.7 Å². The molecule has 1 aromatic rings. The van der Waals surface area contributed by atoms with Crippen molar-refractivity contribution in [2.75, 3.05) is 13.7 Å². The molecule has 1 unspecified atom stereocenters. The zero-order chi connectivity index (χ0) is 11.6. The van der Waals surface area contributed by atoms with Crippen molar-refractivity contribution in [1.82, 2.24) is 0 Å². The van der Waals surface area contributed by atoms with Crippen LogP contribution in [-0.2, 0) is 0 Å². The van der Waals surface area contributed by atoms with Crippen LogP contribution in [0.1, 0.15) is 18.4 Å². The van der Waals surface area contributed by atoms with Gasteiger partial charge in [-0.3, -0.25) is 0 Å². The summed E-state index contributed by atoms with van der Waals surface area (Å²) < 4.78 is 31.5. The van der Waals surface area contributed by atoms with E-state index in [1.54, 1.807) is 6.92 Å². The molecule has 1 atom stereocenters. The maximum absolute atomic E-state index is 13.5. The van der Waals surface area contributed by atoms with Crippen molar-refractivity contribution in [3.8, 4) is 5.75 Å². The highest BCUT2D eigenvalue weighted by atomic mass is 35.5. The number of rotatable bonds is 3. The summed E-state index contributed by atoms with van der Waals surface area (Å²) in [5, 5.41) is -0.556. The Morgan fingerprint density at radius 2 is 2.13 bits per heavy atom. The van der Waals surface area contributed by atoms with Crippen molar-refractivity contribution >= 4 is 11.6 Å². The quantitative estimate of drug-likeness (QED) is 0.818. The minimum atomic E-state index is -0.880. The maximum Gasteiger partial charge on any atom is 0.186 e. The van der Waals surface area contributed by atoms with Crippen LogP contribution in [0.15, 0.2) is 6.07 Å². The topological polar surface area (TPSA) is 35.2 Å². The Labute approximate surface area is 92.0 Å². The van der Waals surface area contributed by atoms with E-state index in [1.807, 2.05) is 0 Å². The fraction of sp³-hybridized carbons (Fsp3) is 0.400. The average molecular weight is 236 g/mol. The molecular formula is C10H12ClF2NO. The van der Waals surface area contributed by atoms with Gasteiger partial charge in [0.2, 0.25) is 0 Å². The van der Waals surface area contributed by atoms with Crippen LogP contribution in [-0.4, -0.2) is 13.7 Å². The third-order valence-corrected chi connectivity index (χ3v) is 2.58. The minimum Gasteiger partial charge on any atom is -0.493 e. The Hall–Kier alpha value is -0.870. The first-order valence-electron chi connectivity index (χ1n) is 4.44. The number of hydrogen-bond donors (Lipinski definition) is 1. The molecule has 0 saturated heterocycles. The second-order valence-corrected chi connectivity index (χ2v) is 3.62. The molecule has 15 heavy (non-hydrogen) atoms. The fourth-order valence-corrected chi connectivity index (χ4v) is 1.44. The van der Waals surface area contributed by atoms with E-state index in [2.05, 4.69) is 0 Å². The Morgan fingerprint density at radius 3 is 2.60 bits per heavy atom. The molecule has 0 heterocycles. The molecule has 2 N–H and O–H groups in total. The molecule has 0 bridgehead atoms. The lowest BCUT2D eigenvalue weighted by molar-refractivity contribution is 0.376. The molecule has 0 saturated carbocycles. The van der Waals surface area contributed by atoms with Crippen LogP contribution in [0.3, 0.4) is 0 Å². The van der Waals surface area contributed by atoms with Gasteiger partial charge in [0.05, 0.1) is 7.11 Å². The summed E-state index contributed by atoms with van der Waals surface area (Å²) in [6.45, 7) is 2.03. The van der Waals surface area contributed by atoms with Crippen molar-refractivity contribution < 1.29 is 13.5 Å². The van der Waals surface area contributed by atoms with Gasteiger partial charge in [-0.1, -0.05) is 18.5 Å². The van der Waals surface area contributed by atoms with Crippen LogP contribution in [0.4, 0.5) is 8.78 Å². The molecule has 0 aromatic heterocycles. The van der Waals surface area contributed by atoms with E-state index in [-0.39, 0.29) is 18.2 Å². The summed E-state index contributed by atoms with van der Waals surface area (Å²) in [5.74, 6) is -1.92. The van der Waals surface area contributed by atoms with Gasteiger partial charge in [-0.15, -0.1) is 0 Å². The van der Waals surface area contributed by atoms with Crippen molar-refractivity contribution in [1.29, 1.82) is 0 Å². The summed E-state index contributed by atoms with van der Waals surface area (Å²) >= 11 is 5.42. The Morgan fingerprint density at radius 1 is 1.53 bits per heavy atom. The summed E-state index contributed by atoms with van der Waals surface area (Å²) in [6, 6.07) is 1.15. The third-order valence-electron chi connectivity index (χ3n) is 2.23. The van der Waals surface area contributed by atoms with Gasteiger partial charge in [0.1, 0.15) is 10.8 Å². The van der Waals surface area contributed by atoms with Gasteiger partial charge in [0.25, 0.3) is 0 Å². The van der Waals surface area contributed by atoms with E-state index >= 15 is 0 Å². The van der Waals surface area contributed by atoms with Crippen molar-refractivity contribution in [3.05, 3.63) is 28.3 Å². The Balaban J connectivity index is 3.38. The van der Waals surface area contributed by atoms with Crippen LogP contribution in [0.25, 0.3) is 0 Å². The van der Waals surface area contributed by atoms with Crippen molar-refractivity contribution in [2.45, 2.75) is 12.8 Å². The molecule has 1 rings (SSSR count). The smallest absolute Gasteiger partial charge is 0.186 e. The molecule has 0 amide bonds. The van der Waals surface area contributed by atoms with E-state index in [1.165, 1.54) is 7.11 Å². The van der Waals surface area contributed by atoms with Gasteiger partial charge in [0.15, 0.2) is 11.6 Å². The van der Waals surface area contributed by atoms with Gasteiger partial charge >= 0.3 is 0 Å². The number of ether oxygens (including phenoxy) is 1. The summed E-state index contributed by atoms with van der Waals surface area (Å²) in [4.78, 5) is 0. The first-order valence-corrected chi connectivity index (χ1v) is 4.82. The molecule has 5 heteroatoms. The summed E-state index contributed by atoms with van der Waals surface area (Å²) in [7, 11) is 1.30. The molecule has 0 aliphatic heterocycles.